The Hall–Kier alpha value is -4.42. The Balaban J connectivity index is 1.55. The number of hydrogen-bond acceptors (Lipinski definition) is 8. The second kappa shape index (κ2) is 10.4. The molecule has 0 atom stereocenters. The maximum Gasteiger partial charge on any atom is 0.488 e. The van der Waals surface area contributed by atoms with Gasteiger partial charge in [-0.3, -0.25) is 0 Å². The van der Waals surface area contributed by atoms with Crippen molar-refractivity contribution >= 4 is 42.6 Å². The van der Waals surface area contributed by atoms with Crippen LogP contribution in [-0.4, -0.2) is 16.8 Å². The molecule has 200 valence electrons. The Kier molecular flexibility index (Phi) is 6.98. The second-order valence-electron chi connectivity index (χ2n) is 8.20. The quantitative estimate of drug-likeness (QED) is 0.115. The summed E-state index contributed by atoms with van der Waals surface area (Å²) in [6.45, 7) is 0. The summed E-state index contributed by atoms with van der Waals surface area (Å²) >= 11 is 0. The van der Waals surface area contributed by atoms with Crippen molar-refractivity contribution in [1.29, 1.82) is 0 Å². The normalized spacial score (nSPS) is 12.0. The van der Waals surface area contributed by atoms with E-state index in [2.05, 4.69) is 8.37 Å². The molecule has 8 nitrogen and oxygen atoms in total. The van der Waals surface area contributed by atoms with E-state index in [1.165, 1.54) is 48.5 Å². The number of rotatable bonds is 9. The third-order valence-electron chi connectivity index (χ3n) is 5.58. The predicted molar refractivity (Wildman–Crippen MR) is 140 cm³/mol. The summed E-state index contributed by atoms with van der Waals surface area (Å²) in [7, 11) is -10.4. The fourth-order valence-electron chi connectivity index (χ4n) is 4.06. The average Bonchev–Trinajstić information content (AvgIpc) is 2.88. The largest absolute Gasteiger partial charge is 0.488 e. The van der Waals surface area contributed by atoms with Crippen molar-refractivity contribution in [3.05, 3.63) is 109 Å². The van der Waals surface area contributed by atoms with E-state index in [4.69, 9.17) is 9.47 Å². The molecule has 5 aromatic carbocycles. The molecule has 0 bridgehead atoms. The first kappa shape index (κ1) is 26.2. The number of fused-ring (bicyclic) bond motifs is 3. The highest BCUT2D eigenvalue weighted by atomic mass is 32.3. The van der Waals surface area contributed by atoms with Gasteiger partial charge in [-0.25, -0.2) is 0 Å². The minimum atomic E-state index is -5.19. The van der Waals surface area contributed by atoms with Crippen LogP contribution in [0.3, 0.4) is 0 Å². The molecule has 0 saturated heterocycles. The minimum Gasteiger partial charge on any atom is -0.451 e. The van der Waals surface area contributed by atoms with Crippen molar-refractivity contribution in [2.75, 3.05) is 0 Å². The molecule has 0 N–H and O–H groups in total. The van der Waals surface area contributed by atoms with Gasteiger partial charge in [0, 0.05) is 10.9 Å². The molecule has 0 aliphatic carbocycles. The molecule has 5 rings (SSSR count). The maximum absolute atomic E-state index is 12.9. The molecule has 0 aliphatic rings. The monoisotopic (exact) mass is 572 g/mol. The molecule has 0 unspecified atom stereocenters. The van der Waals surface area contributed by atoms with Gasteiger partial charge in [-0.15, -0.1) is 0 Å². The Morgan fingerprint density at radius 2 is 0.974 bits per heavy atom. The van der Waals surface area contributed by atoms with Gasteiger partial charge in [0.05, 0.1) is 0 Å². The zero-order valence-corrected chi connectivity index (χ0v) is 21.4. The first-order chi connectivity index (χ1) is 18.5. The highest BCUT2D eigenvalue weighted by Gasteiger charge is 2.21. The van der Waals surface area contributed by atoms with Crippen LogP contribution in [0.15, 0.2) is 103 Å². The summed E-state index contributed by atoms with van der Waals surface area (Å²) in [5.41, 5.74) is 0.641. The number of hydrogen-bond donors (Lipinski definition) is 0. The summed E-state index contributed by atoms with van der Waals surface area (Å²) in [6, 6.07) is 27.7. The van der Waals surface area contributed by atoms with E-state index >= 15 is 0 Å². The van der Waals surface area contributed by atoms with Gasteiger partial charge in [0.15, 0.2) is 0 Å². The molecule has 0 spiro atoms. The maximum atomic E-state index is 12.9. The molecular weight excluding hydrogens is 554 g/mol. The van der Waals surface area contributed by atoms with Crippen LogP contribution in [0.2, 0.25) is 0 Å². The first-order valence-electron chi connectivity index (χ1n) is 11.3. The lowest BCUT2D eigenvalue weighted by atomic mass is 9.97. The van der Waals surface area contributed by atoms with Gasteiger partial charge < -0.3 is 17.8 Å². The van der Waals surface area contributed by atoms with E-state index in [0.717, 1.165) is 21.5 Å². The zero-order chi connectivity index (χ0) is 27.6. The van der Waals surface area contributed by atoms with Gasteiger partial charge in [-0.1, -0.05) is 62.4 Å². The average molecular weight is 573 g/mol. The minimum absolute atomic E-state index is 0.240. The van der Waals surface area contributed by atoms with E-state index < -0.39 is 27.3 Å². The van der Waals surface area contributed by atoms with Crippen LogP contribution in [0.5, 0.6) is 23.0 Å². The number of benzene rings is 5. The number of halogens is 2. The molecule has 0 aromatic heterocycles. The van der Waals surface area contributed by atoms with Crippen LogP contribution in [0.1, 0.15) is 11.9 Å². The molecule has 0 fully saturated rings. The van der Waals surface area contributed by atoms with Crippen molar-refractivity contribution in [2.45, 2.75) is 6.29 Å². The van der Waals surface area contributed by atoms with Crippen molar-refractivity contribution in [3.8, 4) is 23.0 Å². The van der Waals surface area contributed by atoms with E-state index in [1.807, 2.05) is 54.6 Å². The molecule has 5 aromatic rings. The summed E-state index contributed by atoms with van der Waals surface area (Å²) in [4.78, 5) is 0. The van der Waals surface area contributed by atoms with E-state index in [-0.39, 0.29) is 23.0 Å². The fraction of sp³-hybridized carbons (Fsp3) is 0.0370. The molecule has 0 saturated carbocycles. The summed E-state index contributed by atoms with van der Waals surface area (Å²) in [5, 5.41) is 3.69. The van der Waals surface area contributed by atoms with E-state index in [1.54, 1.807) is 0 Å². The van der Waals surface area contributed by atoms with Crippen molar-refractivity contribution in [2.24, 2.45) is 0 Å². The van der Waals surface area contributed by atoms with Crippen LogP contribution in [0, 0.1) is 0 Å². The van der Waals surface area contributed by atoms with Crippen LogP contribution >= 0.6 is 0 Å². The Labute approximate surface area is 222 Å². The molecule has 0 radical (unpaired) electrons. The number of ether oxygens (including phenoxy) is 2. The van der Waals surface area contributed by atoms with Gasteiger partial charge in [0.1, 0.15) is 23.0 Å². The molecule has 39 heavy (non-hydrogen) atoms. The Bertz CT molecular complexity index is 1780. The van der Waals surface area contributed by atoms with Gasteiger partial charge in [0.2, 0.25) is 0 Å². The second-order valence-corrected chi connectivity index (χ2v) is 10.1. The first-order valence-corrected chi connectivity index (χ1v) is 13.9. The van der Waals surface area contributed by atoms with Crippen LogP contribution in [0.4, 0.5) is 7.77 Å². The van der Waals surface area contributed by atoms with Gasteiger partial charge >= 0.3 is 21.0 Å². The van der Waals surface area contributed by atoms with E-state index in [0.29, 0.717) is 5.56 Å². The van der Waals surface area contributed by atoms with Crippen LogP contribution < -0.4 is 17.8 Å². The van der Waals surface area contributed by atoms with Crippen molar-refractivity contribution in [1.82, 2.24) is 0 Å². The zero-order valence-electron chi connectivity index (χ0n) is 19.7. The lowest BCUT2D eigenvalue weighted by Crippen LogP contribution is -2.15. The standard InChI is InChI=1S/C27H18F2O8S2/c28-38(30,31)36-22-14-10-20(11-15-22)34-27(35-21-12-16-23(17-13-21)37-39(29,32)33)25-7-3-5-19-9-8-18-4-1-2-6-24(18)26(19)25/h1-17,27H. The lowest BCUT2D eigenvalue weighted by molar-refractivity contribution is 0.00501. The fourth-order valence-corrected chi connectivity index (χ4v) is 4.74. The molecular formula is C27H18F2O8S2. The van der Waals surface area contributed by atoms with Gasteiger partial charge in [0.25, 0.3) is 6.29 Å². The van der Waals surface area contributed by atoms with Gasteiger partial charge in [-0.05, 0) is 64.7 Å². The topological polar surface area (TPSA) is 105 Å². The summed E-state index contributed by atoms with van der Waals surface area (Å²) < 4.78 is 89.6. The lowest BCUT2D eigenvalue weighted by Gasteiger charge is -2.23. The smallest absolute Gasteiger partial charge is 0.451 e. The SMILES string of the molecule is O=S(=O)(F)Oc1ccc(OC(Oc2ccc(OS(=O)(=O)F)cc2)c2cccc3ccc4ccccc4c23)cc1. The van der Waals surface area contributed by atoms with Crippen LogP contribution in [-0.2, 0) is 21.0 Å². The van der Waals surface area contributed by atoms with Crippen molar-refractivity contribution < 1.29 is 42.4 Å². The van der Waals surface area contributed by atoms with Crippen molar-refractivity contribution in [3.63, 3.8) is 0 Å². The Morgan fingerprint density at radius 1 is 0.513 bits per heavy atom. The van der Waals surface area contributed by atoms with Gasteiger partial charge in [-0.2, -0.15) is 16.8 Å². The molecule has 0 amide bonds. The summed E-state index contributed by atoms with van der Waals surface area (Å²) in [5.74, 6) is -0.0256. The highest BCUT2D eigenvalue weighted by Crippen LogP contribution is 2.36. The molecule has 0 aliphatic heterocycles. The summed E-state index contributed by atoms with van der Waals surface area (Å²) in [6.07, 6.45) is -1.08. The molecule has 0 heterocycles. The highest BCUT2D eigenvalue weighted by molar-refractivity contribution is 7.82. The Morgan fingerprint density at radius 3 is 1.51 bits per heavy atom. The van der Waals surface area contributed by atoms with Crippen LogP contribution in [0.25, 0.3) is 21.5 Å². The van der Waals surface area contributed by atoms with E-state index in [9.17, 15) is 24.6 Å². The third kappa shape index (κ3) is 6.54. The molecule has 12 heteroatoms. The third-order valence-corrected chi connectivity index (χ3v) is 6.36. The predicted octanol–water partition coefficient (Wildman–Crippen LogP) is 6.34.